The van der Waals surface area contributed by atoms with Crippen LogP contribution in [0.5, 0.6) is 11.5 Å². The van der Waals surface area contributed by atoms with Gasteiger partial charge in [-0.15, -0.1) is 0 Å². The molecule has 6 aromatic rings. The standard InChI is InChI=1S/C32H32N6O2/c33-15-1-17-39-25-9-3-21(4-10-25)31-35-27-13-7-23(19-29(27)37-31)24-8-14-28-30(20-24)38-32(36-28)22-5-11-26(12-6-22)40-18-2-16-34/h3-14,19-20H,1-2,15-18,33-34H2,(H,35,37)(H,36,38). The molecular formula is C32H32N6O2. The number of nitrogens with two attached hydrogens (primary N) is 2. The number of nitrogens with zero attached hydrogens (tertiary/aromatic N) is 2. The summed E-state index contributed by atoms with van der Waals surface area (Å²) in [6.07, 6.45) is 1.67. The molecule has 0 spiro atoms. The van der Waals surface area contributed by atoms with Crippen molar-refractivity contribution in [2.45, 2.75) is 12.8 Å². The normalized spacial score (nSPS) is 11.3. The number of fused-ring (bicyclic) bond motifs is 2. The van der Waals surface area contributed by atoms with Crippen LogP contribution in [0, 0.1) is 0 Å². The highest BCUT2D eigenvalue weighted by Gasteiger charge is 2.10. The molecule has 6 N–H and O–H groups in total. The minimum Gasteiger partial charge on any atom is -0.494 e. The van der Waals surface area contributed by atoms with E-state index in [4.69, 9.17) is 30.9 Å². The average Bonchev–Trinajstić information content (AvgIpc) is 3.62. The van der Waals surface area contributed by atoms with Gasteiger partial charge in [-0.05, 0) is 110 Å². The SMILES string of the molecule is NCCCOc1ccc(-c2nc3cc(-c4ccc5[nH]c(-c6ccc(OCCCN)cc6)nc5c4)ccc3[nH]2)cc1. The Morgan fingerprint density at radius 3 is 1.32 bits per heavy atom. The van der Waals surface area contributed by atoms with Crippen LogP contribution in [0.15, 0.2) is 84.9 Å². The molecule has 0 atom stereocenters. The number of nitrogens with one attached hydrogen (secondary N) is 2. The van der Waals surface area contributed by atoms with Crippen LogP contribution in [0.2, 0.25) is 0 Å². The van der Waals surface area contributed by atoms with Crippen molar-refractivity contribution in [1.29, 1.82) is 0 Å². The molecule has 0 saturated carbocycles. The van der Waals surface area contributed by atoms with Gasteiger partial charge < -0.3 is 30.9 Å². The fraction of sp³-hybridized carbons (Fsp3) is 0.188. The van der Waals surface area contributed by atoms with Crippen molar-refractivity contribution in [2.24, 2.45) is 11.5 Å². The van der Waals surface area contributed by atoms with Gasteiger partial charge >= 0.3 is 0 Å². The zero-order valence-corrected chi connectivity index (χ0v) is 22.2. The molecule has 40 heavy (non-hydrogen) atoms. The summed E-state index contributed by atoms with van der Waals surface area (Å²) >= 11 is 0. The minimum absolute atomic E-state index is 0.618. The smallest absolute Gasteiger partial charge is 0.138 e. The number of benzene rings is 4. The van der Waals surface area contributed by atoms with Gasteiger partial charge in [-0.2, -0.15) is 0 Å². The van der Waals surface area contributed by atoms with Gasteiger partial charge in [0, 0.05) is 11.1 Å². The molecule has 8 heteroatoms. The maximum atomic E-state index is 5.71. The largest absolute Gasteiger partial charge is 0.494 e. The van der Waals surface area contributed by atoms with E-state index in [0.29, 0.717) is 26.3 Å². The Labute approximate surface area is 232 Å². The van der Waals surface area contributed by atoms with Crippen LogP contribution in [0.3, 0.4) is 0 Å². The van der Waals surface area contributed by atoms with Gasteiger partial charge in [-0.25, -0.2) is 9.97 Å². The zero-order valence-electron chi connectivity index (χ0n) is 22.2. The first-order chi connectivity index (χ1) is 19.7. The van der Waals surface area contributed by atoms with E-state index in [9.17, 15) is 0 Å². The van der Waals surface area contributed by atoms with Crippen LogP contribution in [-0.2, 0) is 0 Å². The number of H-pyrrole nitrogens is 2. The second kappa shape index (κ2) is 11.6. The third-order valence-corrected chi connectivity index (χ3v) is 6.79. The van der Waals surface area contributed by atoms with E-state index in [-0.39, 0.29) is 0 Å². The average molecular weight is 533 g/mol. The molecule has 0 bridgehead atoms. The lowest BCUT2D eigenvalue weighted by atomic mass is 10.0. The highest BCUT2D eigenvalue weighted by Crippen LogP contribution is 2.30. The first-order valence-corrected chi connectivity index (χ1v) is 13.6. The molecule has 0 aliphatic carbocycles. The molecule has 4 aromatic carbocycles. The Balaban J connectivity index is 1.21. The van der Waals surface area contributed by atoms with Gasteiger partial charge in [0.05, 0.1) is 35.3 Å². The van der Waals surface area contributed by atoms with Gasteiger partial charge in [0.1, 0.15) is 23.1 Å². The topological polar surface area (TPSA) is 128 Å². The summed E-state index contributed by atoms with van der Waals surface area (Å²) in [7, 11) is 0. The van der Waals surface area contributed by atoms with E-state index in [2.05, 4.69) is 46.4 Å². The number of rotatable bonds is 11. The fourth-order valence-electron chi connectivity index (χ4n) is 4.61. The third-order valence-electron chi connectivity index (χ3n) is 6.79. The maximum Gasteiger partial charge on any atom is 0.138 e. The van der Waals surface area contributed by atoms with E-state index in [0.717, 1.165) is 80.3 Å². The summed E-state index contributed by atoms with van der Waals surface area (Å²) in [5.41, 5.74) is 19.0. The molecule has 0 radical (unpaired) electrons. The van der Waals surface area contributed by atoms with Gasteiger partial charge in [-0.1, -0.05) is 12.1 Å². The number of ether oxygens (including phenoxy) is 2. The molecule has 0 fully saturated rings. The Hall–Kier alpha value is -4.66. The van der Waals surface area contributed by atoms with Crippen LogP contribution in [0.25, 0.3) is 56.0 Å². The Morgan fingerprint density at radius 2 is 0.925 bits per heavy atom. The molecule has 6 rings (SSSR count). The van der Waals surface area contributed by atoms with E-state index in [1.807, 2.05) is 48.5 Å². The van der Waals surface area contributed by atoms with Gasteiger partial charge in [0.25, 0.3) is 0 Å². The van der Waals surface area contributed by atoms with Crippen molar-refractivity contribution in [2.75, 3.05) is 26.3 Å². The molecule has 8 nitrogen and oxygen atoms in total. The molecule has 202 valence electrons. The van der Waals surface area contributed by atoms with E-state index in [1.54, 1.807) is 0 Å². The summed E-state index contributed by atoms with van der Waals surface area (Å²) in [4.78, 5) is 16.6. The molecule has 0 amide bonds. The molecule has 0 unspecified atom stereocenters. The highest BCUT2D eigenvalue weighted by atomic mass is 16.5. The summed E-state index contributed by atoms with van der Waals surface area (Å²) in [6.45, 7) is 2.48. The lowest BCUT2D eigenvalue weighted by Crippen LogP contribution is -2.05. The highest BCUT2D eigenvalue weighted by molar-refractivity contribution is 5.88. The van der Waals surface area contributed by atoms with Crippen LogP contribution in [-0.4, -0.2) is 46.2 Å². The lowest BCUT2D eigenvalue weighted by molar-refractivity contribution is 0.313. The number of imidazole rings is 2. The zero-order chi connectivity index (χ0) is 27.3. The molecule has 0 aliphatic rings. The second-order valence-electron chi connectivity index (χ2n) is 9.66. The third kappa shape index (κ3) is 5.54. The predicted molar refractivity (Wildman–Crippen MR) is 160 cm³/mol. The number of aromatic nitrogens is 4. The number of hydrogen-bond acceptors (Lipinski definition) is 6. The van der Waals surface area contributed by atoms with Gasteiger partial charge in [0.15, 0.2) is 0 Å². The first-order valence-electron chi connectivity index (χ1n) is 13.6. The van der Waals surface area contributed by atoms with Crippen molar-refractivity contribution < 1.29 is 9.47 Å². The summed E-state index contributed by atoms with van der Waals surface area (Å²) in [5, 5.41) is 0. The van der Waals surface area contributed by atoms with E-state index < -0.39 is 0 Å². The Kier molecular flexibility index (Phi) is 7.43. The molecule has 0 aliphatic heterocycles. The molecule has 2 heterocycles. The minimum atomic E-state index is 0.618. The second-order valence-corrected chi connectivity index (χ2v) is 9.66. The van der Waals surface area contributed by atoms with Crippen molar-refractivity contribution in [1.82, 2.24) is 19.9 Å². The summed E-state index contributed by atoms with van der Waals surface area (Å²) in [5.74, 6) is 3.31. The maximum absolute atomic E-state index is 5.71. The number of aromatic amines is 2. The van der Waals surface area contributed by atoms with Gasteiger partial charge in [0.2, 0.25) is 0 Å². The van der Waals surface area contributed by atoms with Crippen molar-refractivity contribution in [3.63, 3.8) is 0 Å². The van der Waals surface area contributed by atoms with Crippen LogP contribution in [0.1, 0.15) is 12.8 Å². The fourth-order valence-corrected chi connectivity index (χ4v) is 4.61. The summed E-state index contributed by atoms with van der Waals surface area (Å²) in [6, 6.07) is 28.5. The Morgan fingerprint density at radius 1 is 0.525 bits per heavy atom. The monoisotopic (exact) mass is 532 g/mol. The first kappa shape index (κ1) is 25.6. The van der Waals surface area contributed by atoms with Crippen LogP contribution >= 0.6 is 0 Å². The van der Waals surface area contributed by atoms with Gasteiger partial charge in [-0.3, -0.25) is 0 Å². The van der Waals surface area contributed by atoms with Crippen LogP contribution < -0.4 is 20.9 Å². The Bertz CT molecular complexity index is 1590. The predicted octanol–water partition coefficient (Wildman–Crippen LogP) is 5.90. The molecule has 0 saturated heterocycles. The van der Waals surface area contributed by atoms with Crippen molar-refractivity contribution in [3.8, 4) is 45.4 Å². The van der Waals surface area contributed by atoms with Crippen LogP contribution in [0.4, 0.5) is 0 Å². The number of hydrogen-bond donors (Lipinski definition) is 4. The summed E-state index contributed by atoms with van der Waals surface area (Å²) < 4.78 is 11.4. The van der Waals surface area contributed by atoms with Crippen molar-refractivity contribution in [3.05, 3.63) is 84.9 Å². The van der Waals surface area contributed by atoms with E-state index >= 15 is 0 Å². The molecule has 2 aromatic heterocycles. The lowest BCUT2D eigenvalue weighted by Gasteiger charge is -2.05. The quantitative estimate of drug-likeness (QED) is 0.154. The van der Waals surface area contributed by atoms with E-state index in [1.165, 1.54) is 0 Å². The molecular weight excluding hydrogens is 500 g/mol. The van der Waals surface area contributed by atoms with Crippen molar-refractivity contribution >= 4 is 22.1 Å².